The van der Waals surface area contributed by atoms with Gasteiger partial charge in [-0.2, -0.15) is 0 Å². The van der Waals surface area contributed by atoms with Gasteiger partial charge in [0, 0.05) is 18.7 Å². The second-order valence-electron chi connectivity index (χ2n) is 4.28. The quantitative estimate of drug-likeness (QED) is 0.622. The topological polar surface area (TPSA) is 89.8 Å². The summed E-state index contributed by atoms with van der Waals surface area (Å²) in [6.45, 7) is 2.21. The van der Waals surface area contributed by atoms with E-state index in [0.717, 1.165) is 17.0 Å². The second kappa shape index (κ2) is 5.24. The van der Waals surface area contributed by atoms with Gasteiger partial charge in [0.1, 0.15) is 0 Å². The summed E-state index contributed by atoms with van der Waals surface area (Å²) in [5, 5.41) is 10.7. The lowest BCUT2D eigenvalue weighted by atomic mass is 10.2. The summed E-state index contributed by atoms with van der Waals surface area (Å²) in [5.41, 5.74) is 0.209. The molecule has 0 radical (unpaired) electrons. The maximum atomic E-state index is 12.4. The van der Waals surface area contributed by atoms with Crippen LogP contribution < -0.4 is 0 Å². The van der Waals surface area contributed by atoms with E-state index in [4.69, 9.17) is 4.84 Å². The van der Waals surface area contributed by atoms with Gasteiger partial charge in [0.2, 0.25) is 0 Å². The summed E-state index contributed by atoms with van der Waals surface area (Å²) in [6, 6.07) is 3.78. The number of rotatable bonds is 3. The highest BCUT2D eigenvalue weighted by Crippen LogP contribution is 2.26. The predicted molar refractivity (Wildman–Crippen MR) is 66.9 cm³/mol. The highest BCUT2D eigenvalue weighted by atomic mass is 32.2. The van der Waals surface area contributed by atoms with E-state index in [0.29, 0.717) is 18.6 Å². The molecule has 0 unspecified atom stereocenters. The summed E-state index contributed by atoms with van der Waals surface area (Å²) in [6.07, 6.45) is 1.52. The van der Waals surface area contributed by atoms with Crippen molar-refractivity contribution in [1.29, 1.82) is 0 Å². The maximum absolute atomic E-state index is 12.4. The van der Waals surface area contributed by atoms with Crippen LogP contribution in [0.15, 0.2) is 23.1 Å². The number of hydroxylamine groups is 1. The Morgan fingerprint density at radius 3 is 2.68 bits per heavy atom. The largest absolute Gasteiger partial charge is 0.284 e. The minimum Gasteiger partial charge on any atom is -0.284 e. The molecule has 0 N–H and O–H groups in total. The van der Waals surface area contributed by atoms with Crippen LogP contribution in [0.3, 0.4) is 0 Å². The van der Waals surface area contributed by atoms with Crippen LogP contribution in [-0.4, -0.2) is 31.0 Å². The first-order chi connectivity index (χ1) is 8.93. The Morgan fingerprint density at radius 2 is 2.11 bits per heavy atom. The molecule has 0 aromatic heterocycles. The van der Waals surface area contributed by atoms with Crippen molar-refractivity contribution < 1.29 is 18.2 Å². The Morgan fingerprint density at radius 1 is 1.37 bits per heavy atom. The number of benzene rings is 1. The van der Waals surface area contributed by atoms with Crippen LogP contribution >= 0.6 is 0 Å². The molecule has 2 rings (SSSR count). The van der Waals surface area contributed by atoms with Crippen LogP contribution in [0.25, 0.3) is 0 Å². The molecule has 0 aliphatic carbocycles. The van der Waals surface area contributed by atoms with E-state index in [9.17, 15) is 18.5 Å². The predicted octanol–water partition coefficient (Wildman–Crippen LogP) is 1.62. The number of hydrogen-bond acceptors (Lipinski definition) is 5. The molecule has 7 nitrogen and oxygen atoms in total. The Hall–Kier alpha value is -1.51. The van der Waals surface area contributed by atoms with Crippen LogP contribution in [0.5, 0.6) is 0 Å². The molecule has 0 bridgehead atoms. The molecule has 0 amide bonds. The zero-order valence-corrected chi connectivity index (χ0v) is 11.2. The summed E-state index contributed by atoms with van der Waals surface area (Å²) >= 11 is 0. The van der Waals surface area contributed by atoms with Crippen LogP contribution in [0.4, 0.5) is 5.69 Å². The van der Waals surface area contributed by atoms with E-state index in [1.165, 1.54) is 12.1 Å². The van der Waals surface area contributed by atoms with Crippen molar-refractivity contribution in [2.45, 2.75) is 24.7 Å². The molecular formula is C11H14N2O5S. The van der Waals surface area contributed by atoms with Crippen LogP contribution in [0, 0.1) is 17.0 Å². The number of hydrogen-bond donors (Lipinski definition) is 0. The zero-order chi connectivity index (χ0) is 14.0. The Balaban J connectivity index is 2.44. The van der Waals surface area contributed by atoms with Crippen LogP contribution in [0.2, 0.25) is 0 Å². The summed E-state index contributed by atoms with van der Waals surface area (Å²) < 4.78 is 25.6. The van der Waals surface area contributed by atoms with Crippen molar-refractivity contribution in [3.8, 4) is 0 Å². The summed E-state index contributed by atoms with van der Waals surface area (Å²) in [4.78, 5) is 15.2. The monoisotopic (exact) mass is 286 g/mol. The van der Waals surface area contributed by atoms with Crippen molar-refractivity contribution in [1.82, 2.24) is 4.47 Å². The van der Waals surface area contributed by atoms with E-state index >= 15 is 0 Å². The molecule has 0 spiro atoms. The Labute approximate surface area is 110 Å². The van der Waals surface area contributed by atoms with Gasteiger partial charge in [-0.25, -0.2) is 8.42 Å². The zero-order valence-electron chi connectivity index (χ0n) is 10.4. The number of nitrogens with zero attached hydrogens (tertiary/aromatic N) is 2. The molecule has 0 atom stereocenters. The molecule has 1 heterocycles. The van der Waals surface area contributed by atoms with Gasteiger partial charge < -0.3 is 0 Å². The fourth-order valence-corrected chi connectivity index (χ4v) is 3.40. The number of sulfonamides is 1. The van der Waals surface area contributed by atoms with Crippen molar-refractivity contribution in [3.63, 3.8) is 0 Å². The lowest BCUT2D eigenvalue weighted by Gasteiger charge is -2.25. The third kappa shape index (κ3) is 2.75. The fraction of sp³-hybridized carbons (Fsp3) is 0.455. The fourth-order valence-electron chi connectivity index (χ4n) is 1.85. The number of nitro benzene ring substituents is 1. The van der Waals surface area contributed by atoms with Gasteiger partial charge in [0.15, 0.2) is 0 Å². The average Bonchev–Trinajstić information content (AvgIpc) is 2.39. The molecule has 1 aromatic rings. The molecule has 1 aromatic carbocycles. The molecule has 1 saturated heterocycles. The molecule has 104 valence electrons. The van der Waals surface area contributed by atoms with E-state index in [1.54, 1.807) is 6.92 Å². The van der Waals surface area contributed by atoms with Crippen LogP contribution in [0.1, 0.15) is 18.4 Å². The normalized spacial score (nSPS) is 17.3. The van der Waals surface area contributed by atoms with E-state index < -0.39 is 14.9 Å². The highest BCUT2D eigenvalue weighted by molar-refractivity contribution is 7.89. The molecule has 19 heavy (non-hydrogen) atoms. The Kier molecular flexibility index (Phi) is 3.83. The van der Waals surface area contributed by atoms with Crippen molar-refractivity contribution in [3.05, 3.63) is 33.9 Å². The van der Waals surface area contributed by atoms with Crippen molar-refractivity contribution >= 4 is 15.7 Å². The second-order valence-corrected chi connectivity index (χ2v) is 6.08. The van der Waals surface area contributed by atoms with Gasteiger partial charge >= 0.3 is 0 Å². The molecule has 1 aliphatic rings. The van der Waals surface area contributed by atoms with Gasteiger partial charge in [-0.3, -0.25) is 15.0 Å². The molecule has 0 saturated carbocycles. The molecule has 1 fully saturated rings. The number of nitro groups is 1. The summed E-state index contributed by atoms with van der Waals surface area (Å²) in [5.74, 6) is 0. The van der Waals surface area contributed by atoms with Gasteiger partial charge in [-0.15, -0.1) is 0 Å². The molecule has 8 heteroatoms. The van der Waals surface area contributed by atoms with Gasteiger partial charge in [-0.05, 0) is 25.3 Å². The number of non-ortho nitro benzene ring substituents is 1. The lowest BCUT2D eigenvalue weighted by Crippen LogP contribution is -2.36. The van der Waals surface area contributed by atoms with Gasteiger partial charge in [-0.1, -0.05) is 10.5 Å². The van der Waals surface area contributed by atoms with Gasteiger partial charge in [0.25, 0.3) is 15.7 Å². The van der Waals surface area contributed by atoms with Crippen molar-refractivity contribution in [2.24, 2.45) is 0 Å². The van der Waals surface area contributed by atoms with Crippen LogP contribution in [-0.2, 0) is 14.9 Å². The summed E-state index contributed by atoms with van der Waals surface area (Å²) in [7, 11) is -3.84. The highest BCUT2D eigenvalue weighted by Gasteiger charge is 2.30. The van der Waals surface area contributed by atoms with E-state index in [1.807, 2.05) is 0 Å². The van der Waals surface area contributed by atoms with Gasteiger partial charge in [0.05, 0.1) is 16.4 Å². The minimum absolute atomic E-state index is 0.0800. The Bertz CT molecular complexity index is 593. The third-order valence-corrected chi connectivity index (χ3v) is 4.72. The van der Waals surface area contributed by atoms with E-state index in [-0.39, 0.29) is 17.1 Å². The standard InChI is InChI=1S/C11H14N2O5S/c1-9-4-5-10(13(14)15)8-11(9)19(16,17)12-6-2-3-7-18-12/h4-5,8H,2-3,6-7H2,1H3. The smallest absolute Gasteiger partial charge is 0.270 e. The average molecular weight is 286 g/mol. The first kappa shape index (κ1) is 13.9. The third-order valence-electron chi connectivity index (χ3n) is 2.90. The minimum atomic E-state index is -3.84. The number of aryl methyl sites for hydroxylation is 1. The molecule has 1 aliphatic heterocycles. The lowest BCUT2D eigenvalue weighted by molar-refractivity contribution is -0.385. The maximum Gasteiger partial charge on any atom is 0.270 e. The first-order valence-electron chi connectivity index (χ1n) is 5.83. The SMILES string of the molecule is Cc1ccc([N+](=O)[O-])cc1S(=O)(=O)N1CCCCO1. The van der Waals surface area contributed by atoms with E-state index in [2.05, 4.69) is 0 Å². The molecular weight excluding hydrogens is 272 g/mol. The van der Waals surface area contributed by atoms with Crippen molar-refractivity contribution in [2.75, 3.05) is 13.2 Å². The first-order valence-corrected chi connectivity index (χ1v) is 7.27.